The summed E-state index contributed by atoms with van der Waals surface area (Å²) >= 11 is 1.45. The second kappa shape index (κ2) is 5.03. The standard InChI is InChI=1S/C11H11NO3S/c13-10(14)6-3-7-16-11-12-8-4-1-2-5-9(8)15-11/h1-2,4-5H,3,6-7H2,(H,13,14). The number of thioether (sulfide) groups is 1. The quantitative estimate of drug-likeness (QED) is 0.640. The fourth-order valence-corrected chi connectivity index (χ4v) is 2.07. The van der Waals surface area contributed by atoms with Gasteiger partial charge in [0.1, 0.15) is 5.52 Å². The number of rotatable bonds is 5. The molecule has 0 spiro atoms. The topological polar surface area (TPSA) is 63.3 Å². The number of benzene rings is 1. The fraction of sp³-hybridized carbons (Fsp3) is 0.273. The van der Waals surface area contributed by atoms with Gasteiger partial charge in [0.25, 0.3) is 5.22 Å². The normalized spacial score (nSPS) is 10.8. The molecule has 1 aromatic heterocycles. The Labute approximate surface area is 96.7 Å². The summed E-state index contributed by atoms with van der Waals surface area (Å²) in [7, 11) is 0. The molecule has 1 heterocycles. The van der Waals surface area contributed by atoms with Crippen molar-refractivity contribution in [3.05, 3.63) is 24.3 Å². The first kappa shape index (κ1) is 11.0. The zero-order valence-corrected chi connectivity index (χ0v) is 9.37. The van der Waals surface area contributed by atoms with Crippen LogP contribution < -0.4 is 0 Å². The van der Waals surface area contributed by atoms with Crippen LogP contribution in [0.5, 0.6) is 0 Å². The number of hydrogen-bond donors (Lipinski definition) is 1. The van der Waals surface area contributed by atoms with Crippen LogP contribution >= 0.6 is 11.8 Å². The maximum atomic E-state index is 10.3. The average molecular weight is 237 g/mol. The molecule has 0 unspecified atom stereocenters. The summed E-state index contributed by atoms with van der Waals surface area (Å²) in [4.78, 5) is 14.6. The van der Waals surface area contributed by atoms with E-state index < -0.39 is 5.97 Å². The van der Waals surface area contributed by atoms with Gasteiger partial charge < -0.3 is 9.52 Å². The zero-order chi connectivity index (χ0) is 11.4. The van der Waals surface area contributed by atoms with Crippen LogP contribution in [0.25, 0.3) is 11.1 Å². The summed E-state index contributed by atoms with van der Waals surface area (Å²) in [6.45, 7) is 0. The number of hydrogen-bond acceptors (Lipinski definition) is 4. The van der Waals surface area contributed by atoms with Gasteiger partial charge in [0, 0.05) is 12.2 Å². The first-order chi connectivity index (χ1) is 7.75. The van der Waals surface area contributed by atoms with Crippen molar-refractivity contribution < 1.29 is 14.3 Å². The van der Waals surface area contributed by atoms with Crippen LogP contribution in [-0.4, -0.2) is 21.8 Å². The number of carboxylic acid groups (broad SMARTS) is 1. The van der Waals surface area contributed by atoms with Gasteiger partial charge >= 0.3 is 5.97 Å². The van der Waals surface area contributed by atoms with Crippen LogP contribution in [0.1, 0.15) is 12.8 Å². The number of oxazole rings is 1. The van der Waals surface area contributed by atoms with Crippen molar-refractivity contribution in [3.8, 4) is 0 Å². The maximum absolute atomic E-state index is 10.3. The highest BCUT2D eigenvalue weighted by molar-refractivity contribution is 7.99. The van der Waals surface area contributed by atoms with E-state index in [9.17, 15) is 4.79 Å². The molecule has 2 aromatic rings. The summed E-state index contributed by atoms with van der Waals surface area (Å²) in [6.07, 6.45) is 0.811. The zero-order valence-electron chi connectivity index (χ0n) is 8.55. The lowest BCUT2D eigenvalue weighted by Crippen LogP contribution is -1.94. The third-order valence-electron chi connectivity index (χ3n) is 2.03. The van der Waals surface area contributed by atoms with E-state index >= 15 is 0 Å². The maximum Gasteiger partial charge on any atom is 0.303 e. The summed E-state index contributed by atoms with van der Waals surface area (Å²) in [5.74, 6) is -0.0581. The van der Waals surface area contributed by atoms with E-state index in [0.29, 0.717) is 17.4 Å². The molecule has 0 aliphatic heterocycles. The SMILES string of the molecule is O=C(O)CCCSc1nc2ccccc2o1. The molecule has 0 aliphatic carbocycles. The molecule has 0 amide bonds. The summed E-state index contributed by atoms with van der Waals surface area (Å²) in [5, 5.41) is 9.08. The van der Waals surface area contributed by atoms with Crippen molar-refractivity contribution in [2.45, 2.75) is 18.1 Å². The third-order valence-corrected chi connectivity index (χ3v) is 2.95. The van der Waals surface area contributed by atoms with Crippen LogP contribution in [0.3, 0.4) is 0 Å². The molecular weight excluding hydrogens is 226 g/mol. The lowest BCUT2D eigenvalue weighted by molar-refractivity contribution is -0.137. The molecule has 2 rings (SSSR count). The largest absolute Gasteiger partial charge is 0.481 e. The number of aliphatic carboxylic acids is 1. The van der Waals surface area contributed by atoms with Gasteiger partial charge in [-0.05, 0) is 18.6 Å². The molecule has 1 aromatic carbocycles. The Kier molecular flexibility index (Phi) is 3.46. The van der Waals surface area contributed by atoms with Gasteiger partial charge in [0.05, 0.1) is 0 Å². The molecule has 0 bridgehead atoms. The molecule has 1 N–H and O–H groups in total. The van der Waals surface area contributed by atoms with Gasteiger partial charge in [-0.15, -0.1) is 0 Å². The highest BCUT2D eigenvalue weighted by Gasteiger charge is 2.05. The Morgan fingerprint density at radius 2 is 2.25 bits per heavy atom. The minimum absolute atomic E-state index is 0.188. The third kappa shape index (κ3) is 2.76. The van der Waals surface area contributed by atoms with E-state index in [1.54, 1.807) is 0 Å². The molecule has 0 aliphatic rings. The highest BCUT2D eigenvalue weighted by atomic mass is 32.2. The Hall–Kier alpha value is -1.49. The number of carbonyl (C=O) groups is 1. The predicted octanol–water partition coefficient (Wildman–Crippen LogP) is 2.78. The van der Waals surface area contributed by atoms with Crippen LogP contribution in [0.4, 0.5) is 0 Å². The second-order valence-corrected chi connectivity index (χ2v) is 4.34. The van der Waals surface area contributed by atoms with Gasteiger partial charge in [-0.3, -0.25) is 4.79 Å². The van der Waals surface area contributed by atoms with Crippen LogP contribution in [-0.2, 0) is 4.79 Å². The van der Waals surface area contributed by atoms with Gasteiger partial charge in [-0.1, -0.05) is 23.9 Å². The first-order valence-corrected chi connectivity index (χ1v) is 5.94. The first-order valence-electron chi connectivity index (χ1n) is 4.96. The lowest BCUT2D eigenvalue weighted by atomic mass is 10.3. The van der Waals surface area contributed by atoms with Crippen molar-refractivity contribution >= 4 is 28.8 Å². The van der Waals surface area contributed by atoms with Crippen LogP contribution in [0.15, 0.2) is 33.9 Å². The van der Waals surface area contributed by atoms with Crippen molar-refractivity contribution in [3.63, 3.8) is 0 Å². The van der Waals surface area contributed by atoms with E-state index in [1.807, 2.05) is 24.3 Å². The molecule has 0 radical (unpaired) electrons. The Morgan fingerprint density at radius 1 is 1.44 bits per heavy atom. The van der Waals surface area contributed by atoms with E-state index in [2.05, 4.69) is 4.98 Å². The van der Waals surface area contributed by atoms with E-state index in [1.165, 1.54) is 11.8 Å². The van der Waals surface area contributed by atoms with Crippen molar-refractivity contribution in [1.82, 2.24) is 4.98 Å². The van der Waals surface area contributed by atoms with Gasteiger partial charge in [0.2, 0.25) is 0 Å². The Balaban J connectivity index is 1.92. The predicted molar refractivity (Wildman–Crippen MR) is 61.6 cm³/mol. The average Bonchev–Trinajstić information content (AvgIpc) is 2.66. The van der Waals surface area contributed by atoms with Gasteiger partial charge in [0.15, 0.2) is 5.58 Å². The molecule has 16 heavy (non-hydrogen) atoms. The van der Waals surface area contributed by atoms with Crippen molar-refractivity contribution in [2.75, 3.05) is 5.75 Å². The molecule has 5 heteroatoms. The number of para-hydroxylation sites is 2. The monoisotopic (exact) mass is 237 g/mol. The number of nitrogens with zero attached hydrogens (tertiary/aromatic N) is 1. The van der Waals surface area contributed by atoms with Gasteiger partial charge in [-0.2, -0.15) is 0 Å². The number of carboxylic acids is 1. The van der Waals surface area contributed by atoms with E-state index in [-0.39, 0.29) is 6.42 Å². The fourth-order valence-electron chi connectivity index (χ4n) is 1.30. The lowest BCUT2D eigenvalue weighted by Gasteiger charge is -1.93. The summed E-state index contributed by atoms with van der Waals surface area (Å²) in [6, 6.07) is 7.56. The molecule has 0 saturated carbocycles. The molecule has 0 fully saturated rings. The Morgan fingerprint density at radius 3 is 3.00 bits per heavy atom. The van der Waals surface area contributed by atoms with E-state index in [4.69, 9.17) is 9.52 Å². The number of fused-ring (bicyclic) bond motifs is 1. The van der Waals surface area contributed by atoms with E-state index in [0.717, 1.165) is 11.1 Å². The van der Waals surface area contributed by atoms with Crippen molar-refractivity contribution in [2.24, 2.45) is 0 Å². The van der Waals surface area contributed by atoms with Crippen LogP contribution in [0.2, 0.25) is 0 Å². The van der Waals surface area contributed by atoms with Gasteiger partial charge in [-0.25, -0.2) is 4.98 Å². The molecular formula is C11H11NO3S. The molecule has 0 atom stereocenters. The molecule has 0 saturated heterocycles. The summed E-state index contributed by atoms with van der Waals surface area (Å²) in [5.41, 5.74) is 1.60. The number of aromatic nitrogens is 1. The Bertz CT molecular complexity index is 462. The smallest absolute Gasteiger partial charge is 0.303 e. The minimum Gasteiger partial charge on any atom is -0.481 e. The highest BCUT2D eigenvalue weighted by Crippen LogP contribution is 2.23. The molecule has 4 nitrogen and oxygen atoms in total. The second-order valence-electron chi connectivity index (χ2n) is 3.29. The molecule has 84 valence electrons. The summed E-state index contributed by atoms with van der Waals surface area (Å²) < 4.78 is 5.48. The van der Waals surface area contributed by atoms with Crippen molar-refractivity contribution in [1.29, 1.82) is 0 Å². The van der Waals surface area contributed by atoms with Crippen LogP contribution in [0, 0.1) is 0 Å². The minimum atomic E-state index is -0.766.